The molecule has 0 bridgehead atoms. The Kier molecular flexibility index (Phi) is 1.91. The molecule has 0 atom stereocenters. The molecule has 1 aliphatic rings. The summed E-state index contributed by atoms with van der Waals surface area (Å²) >= 11 is 0. The highest BCUT2D eigenvalue weighted by molar-refractivity contribution is 5.05. The molecule has 0 amide bonds. The van der Waals surface area contributed by atoms with E-state index in [-0.39, 0.29) is 0 Å². The predicted molar refractivity (Wildman–Crippen MR) is 49.0 cm³/mol. The van der Waals surface area contributed by atoms with E-state index >= 15 is 0 Å². The summed E-state index contributed by atoms with van der Waals surface area (Å²) in [7, 11) is 0. The molecule has 0 aliphatic heterocycles. The van der Waals surface area contributed by atoms with Crippen molar-refractivity contribution in [2.45, 2.75) is 39.2 Å². The molecule has 1 aromatic rings. The summed E-state index contributed by atoms with van der Waals surface area (Å²) in [5, 5.41) is 4.33. The normalized spacial score (nSPS) is 17.2. The quantitative estimate of drug-likeness (QED) is 0.670. The van der Waals surface area contributed by atoms with Gasteiger partial charge >= 0.3 is 0 Å². The van der Waals surface area contributed by atoms with Crippen LogP contribution in [0.2, 0.25) is 0 Å². The molecule has 0 unspecified atom stereocenters. The highest BCUT2D eigenvalue weighted by atomic mass is 15.3. The molecule has 1 aliphatic carbocycles. The van der Waals surface area contributed by atoms with E-state index in [4.69, 9.17) is 0 Å². The lowest BCUT2D eigenvalue weighted by atomic mass is 10.1. The molecule has 66 valence electrons. The van der Waals surface area contributed by atoms with Crippen LogP contribution in [-0.4, -0.2) is 9.78 Å². The van der Waals surface area contributed by atoms with Gasteiger partial charge in [0.05, 0.1) is 0 Å². The Bertz CT molecular complexity index is 259. The third-order valence-corrected chi connectivity index (χ3v) is 2.47. The maximum Gasteiger partial charge on any atom is 0.0492 e. The van der Waals surface area contributed by atoms with E-state index in [9.17, 15) is 0 Å². The molecule has 0 N–H and O–H groups in total. The molecule has 0 spiro atoms. The summed E-state index contributed by atoms with van der Waals surface area (Å²) in [4.78, 5) is 0. The van der Waals surface area contributed by atoms with Crippen LogP contribution in [-0.2, 0) is 6.54 Å². The Morgan fingerprint density at radius 2 is 2.33 bits per heavy atom. The molecule has 2 heteroatoms. The van der Waals surface area contributed by atoms with Gasteiger partial charge in [0.2, 0.25) is 0 Å². The lowest BCUT2D eigenvalue weighted by Gasteiger charge is -2.08. The third-order valence-electron chi connectivity index (χ3n) is 2.47. The van der Waals surface area contributed by atoms with E-state index < -0.39 is 0 Å². The monoisotopic (exact) mass is 164 g/mol. The van der Waals surface area contributed by atoms with Gasteiger partial charge in [0.1, 0.15) is 0 Å². The zero-order chi connectivity index (χ0) is 8.55. The van der Waals surface area contributed by atoms with Gasteiger partial charge in [-0.05, 0) is 30.7 Å². The highest BCUT2D eigenvalue weighted by Gasteiger charge is 2.23. The Hall–Kier alpha value is -0.790. The number of nitrogens with zero attached hydrogens (tertiary/aromatic N) is 2. The number of rotatable bonds is 3. The number of hydrogen-bond acceptors (Lipinski definition) is 1. The van der Waals surface area contributed by atoms with Crippen molar-refractivity contribution in [2.75, 3.05) is 0 Å². The van der Waals surface area contributed by atoms with Gasteiger partial charge in [-0.2, -0.15) is 5.10 Å². The maximum atomic E-state index is 4.33. The Labute approximate surface area is 73.6 Å². The molecule has 0 saturated heterocycles. The zero-order valence-corrected chi connectivity index (χ0v) is 7.83. The molecule has 2 nitrogen and oxygen atoms in total. The summed E-state index contributed by atoms with van der Waals surface area (Å²) in [6, 6.07) is 2.13. The van der Waals surface area contributed by atoms with Gasteiger partial charge in [0.15, 0.2) is 0 Å². The molecule has 1 fully saturated rings. The second kappa shape index (κ2) is 2.92. The maximum absolute atomic E-state index is 4.33. The van der Waals surface area contributed by atoms with E-state index in [2.05, 4.69) is 29.7 Å². The molecule has 12 heavy (non-hydrogen) atoms. The minimum atomic E-state index is 0.603. The van der Waals surface area contributed by atoms with Gasteiger partial charge in [-0.25, -0.2) is 0 Å². The van der Waals surface area contributed by atoms with Gasteiger partial charge < -0.3 is 0 Å². The standard InChI is InChI=1S/C10H16N2/c1-8(2)10-5-6-11-12(10)7-9-3-4-9/h5-6,8-9H,3-4,7H2,1-2H3. The number of aromatic nitrogens is 2. The van der Waals surface area contributed by atoms with E-state index in [1.165, 1.54) is 18.5 Å². The van der Waals surface area contributed by atoms with Crippen molar-refractivity contribution in [2.24, 2.45) is 5.92 Å². The van der Waals surface area contributed by atoms with Crippen molar-refractivity contribution in [3.8, 4) is 0 Å². The average molecular weight is 164 g/mol. The van der Waals surface area contributed by atoms with Crippen LogP contribution in [0.15, 0.2) is 12.3 Å². The lowest BCUT2D eigenvalue weighted by Crippen LogP contribution is -2.07. The molecule has 0 aromatic carbocycles. The molecule has 1 saturated carbocycles. The fraction of sp³-hybridized carbons (Fsp3) is 0.700. The predicted octanol–water partition coefficient (Wildman–Crippen LogP) is 2.42. The van der Waals surface area contributed by atoms with Gasteiger partial charge in [0, 0.05) is 18.4 Å². The van der Waals surface area contributed by atoms with Crippen LogP contribution in [0.5, 0.6) is 0 Å². The fourth-order valence-corrected chi connectivity index (χ4v) is 1.53. The van der Waals surface area contributed by atoms with Crippen LogP contribution in [0.4, 0.5) is 0 Å². The molecular weight excluding hydrogens is 148 g/mol. The van der Waals surface area contributed by atoms with Crippen molar-refractivity contribution in [1.82, 2.24) is 9.78 Å². The van der Waals surface area contributed by atoms with Crippen molar-refractivity contribution in [3.05, 3.63) is 18.0 Å². The second-order valence-electron chi connectivity index (χ2n) is 4.04. The molecule has 2 rings (SSSR count). The first-order valence-corrected chi connectivity index (χ1v) is 4.79. The highest BCUT2D eigenvalue weighted by Crippen LogP contribution is 2.31. The topological polar surface area (TPSA) is 17.8 Å². The van der Waals surface area contributed by atoms with Crippen molar-refractivity contribution in [1.29, 1.82) is 0 Å². The first-order valence-electron chi connectivity index (χ1n) is 4.79. The SMILES string of the molecule is CC(C)c1ccnn1CC1CC1. The van der Waals surface area contributed by atoms with Crippen LogP contribution < -0.4 is 0 Å². The first kappa shape index (κ1) is 7.84. The first-order chi connectivity index (χ1) is 5.77. The van der Waals surface area contributed by atoms with Crippen LogP contribution >= 0.6 is 0 Å². The lowest BCUT2D eigenvalue weighted by molar-refractivity contribution is 0.527. The summed E-state index contributed by atoms with van der Waals surface area (Å²) in [5.74, 6) is 1.52. The Morgan fingerprint density at radius 1 is 1.58 bits per heavy atom. The summed E-state index contributed by atoms with van der Waals surface area (Å²) < 4.78 is 2.17. The van der Waals surface area contributed by atoms with E-state index in [0.29, 0.717) is 5.92 Å². The van der Waals surface area contributed by atoms with Gasteiger partial charge in [-0.3, -0.25) is 4.68 Å². The minimum Gasteiger partial charge on any atom is -0.269 e. The van der Waals surface area contributed by atoms with Crippen molar-refractivity contribution >= 4 is 0 Å². The molecule has 0 radical (unpaired) electrons. The van der Waals surface area contributed by atoms with Crippen LogP contribution in [0.25, 0.3) is 0 Å². The van der Waals surface area contributed by atoms with Crippen LogP contribution in [0.3, 0.4) is 0 Å². The fourth-order valence-electron chi connectivity index (χ4n) is 1.53. The van der Waals surface area contributed by atoms with Crippen LogP contribution in [0.1, 0.15) is 38.3 Å². The molecular formula is C10H16N2. The van der Waals surface area contributed by atoms with E-state index in [1.54, 1.807) is 0 Å². The average Bonchev–Trinajstić information content (AvgIpc) is 2.66. The van der Waals surface area contributed by atoms with E-state index in [1.807, 2.05) is 6.20 Å². The Balaban J connectivity index is 2.11. The Morgan fingerprint density at radius 3 is 2.92 bits per heavy atom. The minimum absolute atomic E-state index is 0.603. The van der Waals surface area contributed by atoms with Crippen LogP contribution in [0, 0.1) is 5.92 Å². The second-order valence-corrected chi connectivity index (χ2v) is 4.04. The van der Waals surface area contributed by atoms with Gasteiger partial charge in [-0.1, -0.05) is 13.8 Å². The van der Waals surface area contributed by atoms with E-state index in [0.717, 1.165) is 12.5 Å². The summed E-state index contributed by atoms with van der Waals surface area (Å²) in [6.07, 6.45) is 4.71. The number of hydrogen-bond donors (Lipinski definition) is 0. The van der Waals surface area contributed by atoms with Gasteiger partial charge in [0.25, 0.3) is 0 Å². The smallest absolute Gasteiger partial charge is 0.0492 e. The zero-order valence-electron chi connectivity index (χ0n) is 7.83. The summed E-state index contributed by atoms with van der Waals surface area (Å²) in [5.41, 5.74) is 1.38. The largest absolute Gasteiger partial charge is 0.269 e. The molecule has 1 aromatic heterocycles. The third kappa shape index (κ3) is 1.52. The molecule has 1 heterocycles. The van der Waals surface area contributed by atoms with Crippen molar-refractivity contribution in [3.63, 3.8) is 0 Å². The summed E-state index contributed by atoms with van der Waals surface area (Å²) in [6.45, 7) is 5.58. The van der Waals surface area contributed by atoms with Gasteiger partial charge in [-0.15, -0.1) is 0 Å². The van der Waals surface area contributed by atoms with Crippen molar-refractivity contribution < 1.29 is 0 Å².